The Kier molecular flexibility index (Phi) is 5.46. The van der Waals surface area contributed by atoms with Crippen LogP contribution in [0.3, 0.4) is 0 Å². The third-order valence-corrected chi connectivity index (χ3v) is 5.30. The lowest BCUT2D eigenvalue weighted by Gasteiger charge is -2.11. The summed E-state index contributed by atoms with van der Waals surface area (Å²) in [5.41, 5.74) is 1.57. The quantitative estimate of drug-likeness (QED) is 0.641. The van der Waals surface area contributed by atoms with Crippen LogP contribution < -0.4 is 5.32 Å². The lowest BCUT2D eigenvalue weighted by molar-refractivity contribution is -0.111. The number of amides is 1. The van der Waals surface area contributed by atoms with Crippen LogP contribution in [0.1, 0.15) is 31.2 Å². The molecule has 1 aliphatic carbocycles. The minimum absolute atomic E-state index is 0.106. The number of hydrogen-bond donors (Lipinski definition) is 1. The van der Waals surface area contributed by atoms with Gasteiger partial charge in [-0.1, -0.05) is 18.9 Å². The van der Waals surface area contributed by atoms with Crippen LogP contribution in [0.5, 0.6) is 0 Å². The first-order valence-electron chi connectivity index (χ1n) is 7.69. The Balaban J connectivity index is 1.87. The molecule has 1 saturated carbocycles. The number of aromatic nitrogens is 2. The summed E-state index contributed by atoms with van der Waals surface area (Å²) in [6.07, 6.45) is 12.4. The average Bonchev–Trinajstić information content (AvgIpc) is 3.26. The molecule has 2 heterocycles. The summed E-state index contributed by atoms with van der Waals surface area (Å²) in [7, 11) is 0. The minimum atomic E-state index is -0.106. The second kappa shape index (κ2) is 7.75. The molecule has 120 valence electrons. The second-order valence-electron chi connectivity index (χ2n) is 5.51. The number of carbonyl (C=O) groups is 1. The predicted octanol–water partition coefficient (Wildman–Crippen LogP) is 4.47. The van der Waals surface area contributed by atoms with E-state index in [1.807, 2.05) is 23.8 Å². The monoisotopic (exact) mass is 345 g/mol. The fraction of sp³-hybridized carbons (Fsp3) is 0.353. The molecule has 4 nitrogen and oxygen atoms in total. The van der Waals surface area contributed by atoms with Crippen LogP contribution in [0.15, 0.2) is 41.0 Å². The van der Waals surface area contributed by atoms with E-state index >= 15 is 0 Å². The number of thiazole rings is 1. The highest BCUT2D eigenvalue weighted by Gasteiger charge is 2.19. The SMILES string of the molecule is CSc1ccc(/C(=C\C2CCCC2)C(=O)Nc2nccs2)cn1. The molecule has 0 bridgehead atoms. The van der Waals surface area contributed by atoms with Gasteiger partial charge in [0.25, 0.3) is 5.91 Å². The number of anilines is 1. The maximum Gasteiger partial charge on any atom is 0.257 e. The van der Waals surface area contributed by atoms with E-state index in [-0.39, 0.29) is 5.91 Å². The van der Waals surface area contributed by atoms with Gasteiger partial charge in [0.05, 0.1) is 5.03 Å². The molecule has 0 aliphatic heterocycles. The molecule has 0 aromatic carbocycles. The highest BCUT2D eigenvalue weighted by molar-refractivity contribution is 7.98. The van der Waals surface area contributed by atoms with E-state index in [0.29, 0.717) is 16.6 Å². The van der Waals surface area contributed by atoms with Crippen molar-refractivity contribution < 1.29 is 4.79 Å². The van der Waals surface area contributed by atoms with Gasteiger partial charge in [-0.3, -0.25) is 10.1 Å². The highest BCUT2D eigenvalue weighted by Crippen LogP contribution is 2.30. The molecule has 0 spiro atoms. The van der Waals surface area contributed by atoms with Gasteiger partial charge in [0, 0.05) is 28.9 Å². The Labute approximate surface area is 144 Å². The number of allylic oxidation sites excluding steroid dienone is 1. The van der Waals surface area contributed by atoms with Gasteiger partial charge in [-0.2, -0.15) is 0 Å². The maximum atomic E-state index is 12.7. The molecule has 23 heavy (non-hydrogen) atoms. The van der Waals surface area contributed by atoms with Crippen molar-refractivity contribution in [1.82, 2.24) is 9.97 Å². The standard InChI is InChI=1S/C17H19N3OS2/c1-22-15-7-6-13(11-19-15)14(10-12-4-2-3-5-12)16(21)20-17-18-8-9-23-17/h6-12H,2-5H2,1H3,(H,18,20,21)/b14-10+. The normalized spacial score (nSPS) is 15.8. The largest absolute Gasteiger partial charge is 0.298 e. The van der Waals surface area contributed by atoms with Crippen LogP contribution in [0, 0.1) is 5.92 Å². The molecule has 0 unspecified atom stereocenters. The summed E-state index contributed by atoms with van der Waals surface area (Å²) in [6, 6.07) is 3.93. The zero-order chi connectivity index (χ0) is 16.1. The fourth-order valence-electron chi connectivity index (χ4n) is 2.77. The number of pyridine rings is 1. The molecule has 1 aliphatic rings. The number of thioether (sulfide) groups is 1. The Hall–Kier alpha value is -1.66. The molecule has 0 radical (unpaired) electrons. The lowest BCUT2D eigenvalue weighted by Crippen LogP contribution is -2.14. The highest BCUT2D eigenvalue weighted by atomic mass is 32.2. The van der Waals surface area contributed by atoms with E-state index in [1.54, 1.807) is 24.2 Å². The Morgan fingerprint density at radius 3 is 2.78 bits per heavy atom. The molecule has 1 amide bonds. The Morgan fingerprint density at radius 2 is 2.17 bits per heavy atom. The van der Waals surface area contributed by atoms with Gasteiger partial charge in [-0.05, 0) is 37.1 Å². The fourth-order valence-corrected chi connectivity index (χ4v) is 3.66. The predicted molar refractivity (Wildman–Crippen MR) is 96.7 cm³/mol. The van der Waals surface area contributed by atoms with E-state index in [2.05, 4.69) is 21.4 Å². The van der Waals surface area contributed by atoms with Crippen molar-refractivity contribution in [3.8, 4) is 0 Å². The molecule has 6 heteroatoms. The smallest absolute Gasteiger partial charge is 0.257 e. The van der Waals surface area contributed by atoms with Gasteiger partial charge in [0.15, 0.2) is 5.13 Å². The van der Waals surface area contributed by atoms with Gasteiger partial charge in [-0.15, -0.1) is 23.1 Å². The summed E-state index contributed by atoms with van der Waals surface area (Å²) < 4.78 is 0. The van der Waals surface area contributed by atoms with Crippen molar-refractivity contribution in [3.63, 3.8) is 0 Å². The Bertz CT molecular complexity index is 674. The van der Waals surface area contributed by atoms with Gasteiger partial charge in [0.2, 0.25) is 0 Å². The Morgan fingerprint density at radius 1 is 1.35 bits per heavy atom. The van der Waals surface area contributed by atoms with E-state index in [4.69, 9.17) is 0 Å². The van der Waals surface area contributed by atoms with Gasteiger partial charge in [-0.25, -0.2) is 9.97 Å². The molecule has 0 saturated heterocycles. The van der Waals surface area contributed by atoms with Gasteiger partial charge < -0.3 is 0 Å². The number of carbonyl (C=O) groups excluding carboxylic acids is 1. The van der Waals surface area contributed by atoms with Gasteiger partial charge in [0.1, 0.15) is 0 Å². The summed E-state index contributed by atoms with van der Waals surface area (Å²) in [5.74, 6) is 0.373. The molecule has 2 aromatic rings. The van der Waals surface area contributed by atoms with E-state index in [9.17, 15) is 4.79 Å². The third-order valence-electron chi connectivity index (χ3n) is 3.96. The van der Waals surface area contributed by atoms with E-state index < -0.39 is 0 Å². The van der Waals surface area contributed by atoms with Crippen LogP contribution in [0.2, 0.25) is 0 Å². The summed E-state index contributed by atoms with van der Waals surface area (Å²) >= 11 is 3.02. The van der Waals surface area contributed by atoms with Crippen LogP contribution >= 0.6 is 23.1 Å². The number of nitrogens with zero attached hydrogens (tertiary/aromatic N) is 2. The van der Waals surface area contributed by atoms with Gasteiger partial charge >= 0.3 is 0 Å². The number of hydrogen-bond acceptors (Lipinski definition) is 5. The lowest BCUT2D eigenvalue weighted by atomic mass is 9.99. The van der Waals surface area contributed by atoms with Crippen molar-refractivity contribution in [2.75, 3.05) is 11.6 Å². The van der Waals surface area contributed by atoms with Crippen LogP contribution in [0.4, 0.5) is 5.13 Å². The molecule has 1 fully saturated rings. The third kappa shape index (κ3) is 4.20. The molecule has 1 N–H and O–H groups in total. The first-order chi connectivity index (χ1) is 11.3. The minimum Gasteiger partial charge on any atom is -0.298 e. The summed E-state index contributed by atoms with van der Waals surface area (Å²) in [5, 5.41) is 6.32. The number of rotatable bonds is 5. The molecular formula is C17H19N3OS2. The average molecular weight is 345 g/mol. The van der Waals surface area contributed by atoms with Crippen LogP contribution in [-0.2, 0) is 4.79 Å². The molecule has 2 aromatic heterocycles. The first-order valence-corrected chi connectivity index (χ1v) is 9.80. The first kappa shape index (κ1) is 16.2. The molecule has 3 rings (SSSR count). The molecule has 0 atom stereocenters. The topological polar surface area (TPSA) is 54.9 Å². The van der Waals surface area contributed by atoms with Crippen molar-refractivity contribution >= 4 is 39.7 Å². The molecular weight excluding hydrogens is 326 g/mol. The number of nitrogens with one attached hydrogen (secondary N) is 1. The maximum absolute atomic E-state index is 12.7. The van der Waals surface area contributed by atoms with Crippen LogP contribution in [0.25, 0.3) is 5.57 Å². The summed E-state index contributed by atoms with van der Waals surface area (Å²) in [4.78, 5) is 21.2. The zero-order valence-corrected chi connectivity index (χ0v) is 14.6. The van der Waals surface area contributed by atoms with Crippen molar-refractivity contribution in [2.24, 2.45) is 5.92 Å². The summed E-state index contributed by atoms with van der Waals surface area (Å²) in [6.45, 7) is 0. The van der Waals surface area contributed by atoms with E-state index in [1.165, 1.54) is 24.2 Å². The second-order valence-corrected chi connectivity index (χ2v) is 7.23. The van der Waals surface area contributed by atoms with Crippen molar-refractivity contribution in [1.29, 1.82) is 0 Å². The van der Waals surface area contributed by atoms with Crippen molar-refractivity contribution in [2.45, 2.75) is 30.7 Å². The van der Waals surface area contributed by atoms with E-state index in [0.717, 1.165) is 23.4 Å². The van der Waals surface area contributed by atoms with Crippen LogP contribution in [-0.4, -0.2) is 22.1 Å². The zero-order valence-electron chi connectivity index (χ0n) is 13.0. The van der Waals surface area contributed by atoms with Crippen molar-refractivity contribution in [3.05, 3.63) is 41.5 Å².